The Morgan fingerprint density at radius 2 is 1.77 bits per heavy atom. The highest BCUT2D eigenvalue weighted by Crippen LogP contribution is 2.31. The normalized spacial score (nSPS) is 11.4. The molecular weight excluding hydrogens is 424 g/mol. The van der Waals surface area contributed by atoms with E-state index >= 15 is 0 Å². The lowest BCUT2D eigenvalue weighted by Crippen LogP contribution is -2.14. The first kappa shape index (κ1) is 20.1. The molecule has 0 atom stereocenters. The van der Waals surface area contributed by atoms with Crippen LogP contribution in [-0.4, -0.2) is 27.6 Å². The van der Waals surface area contributed by atoms with Crippen LogP contribution in [0.3, 0.4) is 0 Å². The summed E-state index contributed by atoms with van der Waals surface area (Å²) in [6.07, 6.45) is 0. The maximum absolute atomic E-state index is 13.0. The monoisotopic (exact) mass is 442 g/mol. The predicted molar refractivity (Wildman–Crippen MR) is 119 cm³/mol. The van der Waals surface area contributed by atoms with Crippen LogP contribution in [0.4, 0.5) is 5.69 Å². The van der Waals surface area contributed by atoms with Crippen LogP contribution >= 0.6 is 11.6 Å². The van der Waals surface area contributed by atoms with Crippen molar-refractivity contribution in [2.24, 2.45) is 0 Å². The van der Waals surface area contributed by atoms with Gasteiger partial charge in [0.25, 0.3) is 10.0 Å². The summed E-state index contributed by atoms with van der Waals surface area (Å²) in [4.78, 5) is 3.32. The first-order valence-electron chi connectivity index (χ1n) is 9.03. The molecule has 6 nitrogen and oxygen atoms in total. The average Bonchev–Trinajstić information content (AvgIpc) is 3.16. The van der Waals surface area contributed by atoms with Crippen LogP contribution < -0.4 is 14.2 Å². The van der Waals surface area contributed by atoms with Crippen LogP contribution in [-0.2, 0) is 10.0 Å². The Morgan fingerprint density at radius 3 is 2.53 bits per heavy atom. The molecule has 0 amide bonds. The van der Waals surface area contributed by atoms with E-state index in [-0.39, 0.29) is 10.6 Å². The molecule has 0 aliphatic carbocycles. The zero-order valence-electron chi connectivity index (χ0n) is 16.3. The van der Waals surface area contributed by atoms with Gasteiger partial charge in [-0.25, -0.2) is 8.42 Å². The smallest absolute Gasteiger partial charge is 0.265 e. The third-order valence-electron chi connectivity index (χ3n) is 4.67. The van der Waals surface area contributed by atoms with Crippen molar-refractivity contribution in [3.05, 3.63) is 71.8 Å². The molecule has 0 bridgehead atoms. The second kappa shape index (κ2) is 7.93. The highest BCUT2D eigenvalue weighted by Gasteiger charge is 2.21. The van der Waals surface area contributed by atoms with Crippen molar-refractivity contribution in [3.8, 4) is 22.8 Å². The quantitative estimate of drug-likeness (QED) is 0.424. The van der Waals surface area contributed by atoms with Gasteiger partial charge in [0.05, 0.1) is 14.2 Å². The molecule has 0 radical (unpaired) electrons. The van der Waals surface area contributed by atoms with Crippen molar-refractivity contribution in [2.75, 3.05) is 18.9 Å². The van der Waals surface area contributed by atoms with Crippen LogP contribution in [0.25, 0.3) is 22.2 Å². The molecule has 0 saturated carbocycles. The fourth-order valence-electron chi connectivity index (χ4n) is 3.21. The molecule has 154 valence electrons. The summed E-state index contributed by atoms with van der Waals surface area (Å²) in [5.41, 5.74) is 3.06. The topological polar surface area (TPSA) is 80.4 Å². The molecule has 2 N–H and O–H groups in total. The number of benzene rings is 3. The summed E-state index contributed by atoms with van der Waals surface area (Å²) in [7, 11) is -1.01. The summed E-state index contributed by atoms with van der Waals surface area (Å²) in [5, 5.41) is 1.63. The van der Waals surface area contributed by atoms with Gasteiger partial charge in [-0.2, -0.15) is 0 Å². The number of H-pyrrole nitrogens is 1. The van der Waals surface area contributed by atoms with Gasteiger partial charge >= 0.3 is 0 Å². The van der Waals surface area contributed by atoms with E-state index in [4.69, 9.17) is 21.1 Å². The fourth-order valence-corrected chi connectivity index (χ4v) is 4.63. The van der Waals surface area contributed by atoms with Crippen LogP contribution in [0, 0.1) is 0 Å². The van der Waals surface area contributed by atoms with Crippen LogP contribution in [0.15, 0.2) is 71.6 Å². The maximum Gasteiger partial charge on any atom is 0.265 e. The molecular formula is C22H19ClN2O4S. The number of aromatic amines is 1. The van der Waals surface area contributed by atoms with E-state index in [1.165, 1.54) is 20.3 Å². The summed E-state index contributed by atoms with van der Waals surface area (Å²) in [6.45, 7) is 0. The van der Waals surface area contributed by atoms with Crippen LogP contribution in [0.2, 0.25) is 5.02 Å². The maximum atomic E-state index is 13.0. The molecule has 1 heterocycles. The summed E-state index contributed by atoms with van der Waals surface area (Å²) in [6, 6.07) is 19.3. The number of hydrogen-bond donors (Lipinski definition) is 2. The zero-order valence-corrected chi connectivity index (χ0v) is 17.8. The highest BCUT2D eigenvalue weighted by molar-refractivity contribution is 7.92. The highest BCUT2D eigenvalue weighted by atomic mass is 35.5. The van der Waals surface area contributed by atoms with E-state index in [0.29, 0.717) is 16.5 Å². The van der Waals surface area contributed by atoms with Gasteiger partial charge in [0.15, 0.2) is 0 Å². The van der Waals surface area contributed by atoms with Gasteiger partial charge in [0, 0.05) is 38.9 Å². The summed E-state index contributed by atoms with van der Waals surface area (Å²) in [5.74, 6) is 0.647. The number of ether oxygens (including phenoxy) is 2. The van der Waals surface area contributed by atoms with E-state index in [1.807, 2.05) is 30.3 Å². The number of fused-ring (bicyclic) bond motifs is 1. The van der Waals surface area contributed by atoms with Gasteiger partial charge in [-0.1, -0.05) is 23.7 Å². The Kier molecular flexibility index (Phi) is 5.32. The Hall–Kier alpha value is -3.16. The van der Waals surface area contributed by atoms with Crippen molar-refractivity contribution in [1.29, 1.82) is 0 Å². The van der Waals surface area contributed by atoms with Crippen LogP contribution in [0.1, 0.15) is 0 Å². The minimum atomic E-state index is -3.90. The van der Waals surface area contributed by atoms with E-state index in [1.54, 1.807) is 30.3 Å². The molecule has 4 rings (SSSR count). The lowest BCUT2D eigenvalue weighted by atomic mass is 10.1. The van der Waals surface area contributed by atoms with E-state index in [9.17, 15) is 8.42 Å². The van der Waals surface area contributed by atoms with E-state index < -0.39 is 10.0 Å². The van der Waals surface area contributed by atoms with Gasteiger partial charge in [0.2, 0.25) is 0 Å². The molecule has 4 aromatic rings. The molecule has 0 aliphatic rings. The SMILES string of the molecule is COc1ccc(OC)c(S(=O)(=O)Nc2cccc(-c3cc4cc(Cl)ccc4[nH]3)c2)c1. The number of methoxy groups -OCH3 is 2. The van der Waals surface area contributed by atoms with Crippen molar-refractivity contribution in [2.45, 2.75) is 4.90 Å². The Labute approximate surface area is 179 Å². The predicted octanol–water partition coefficient (Wildman–Crippen LogP) is 5.31. The Bertz CT molecular complexity index is 1330. The van der Waals surface area contributed by atoms with Gasteiger partial charge in [0.1, 0.15) is 16.4 Å². The van der Waals surface area contributed by atoms with Crippen LogP contribution in [0.5, 0.6) is 11.5 Å². The standard InChI is InChI=1S/C22H19ClN2O4S/c1-28-18-7-9-21(29-2)22(13-18)30(26,27)25-17-5-3-4-14(11-17)20-12-15-10-16(23)6-8-19(15)24-20/h3-13,24-25H,1-2H3. The van der Waals surface area contributed by atoms with Crippen molar-refractivity contribution < 1.29 is 17.9 Å². The molecule has 3 aromatic carbocycles. The molecule has 30 heavy (non-hydrogen) atoms. The van der Waals surface area contributed by atoms with Crippen molar-refractivity contribution in [1.82, 2.24) is 4.98 Å². The summed E-state index contributed by atoms with van der Waals surface area (Å²) >= 11 is 6.07. The molecule has 0 aliphatic heterocycles. The largest absolute Gasteiger partial charge is 0.497 e. The molecule has 0 unspecified atom stereocenters. The first-order chi connectivity index (χ1) is 14.4. The average molecular weight is 443 g/mol. The minimum absolute atomic E-state index is 0.00462. The number of hydrogen-bond acceptors (Lipinski definition) is 4. The summed E-state index contributed by atoms with van der Waals surface area (Å²) < 4.78 is 39.0. The number of aromatic nitrogens is 1. The molecule has 0 spiro atoms. The number of rotatable bonds is 6. The second-order valence-electron chi connectivity index (χ2n) is 6.62. The number of halogens is 1. The number of anilines is 1. The Balaban J connectivity index is 1.69. The third kappa shape index (κ3) is 3.94. The van der Waals surface area contributed by atoms with Gasteiger partial charge < -0.3 is 14.5 Å². The third-order valence-corrected chi connectivity index (χ3v) is 6.31. The minimum Gasteiger partial charge on any atom is -0.497 e. The number of sulfonamides is 1. The first-order valence-corrected chi connectivity index (χ1v) is 10.9. The van der Waals surface area contributed by atoms with Crippen molar-refractivity contribution in [3.63, 3.8) is 0 Å². The van der Waals surface area contributed by atoms with Gasteiger partial charge in [-0.3, -0.25) is 4.72 Å². The molecule has 0 saturated heterocycles. The number of nitrogens with one attached hydrogen (secondary N) is 2. The molecule has 0 fully saturated rings. The lowest BCUT2D eigenvalue weighted by Gasteiger charge is -2.13. The van der Waals surface area contributed by atoms with E-state index in [0.717, 1.165) is 22.2 Å². The Morgan fingerprint density at radius 1 is 0.933 bits per heavy atom. The molecule has 1 aromatic heterocycles. The lowest BCUT2D eigenvalue weighted by molar-refractivity contribution is 0.392. The van der Waals surface area contributed by atoms with Gasteiger partial charge in [-0.05, 0) is 48.5 Å². The van der Waals surface area contributed by atoms with E-state index in [2.05, 4.69) is 9.71 Å². The second-order valence-corrected chi connectivity index (χ2v) is 8.70. The van der Waals surface area contributed by atoms with Crippen molar-refractivity contribution >= 4 is 38.2 Å². The molecule has 8 heteroatoms. The fraction of sp³-hybridized carbons (Fsp3) is 0.0909. The zero-order chi connectivity index (χ0) is 21.3. The van der Waals surface area contributed by atoms with Gasteiger partial charge in [-0.15, -0.1) is 0 Å².